The average Bonchev–Trinajstić information content (AvgIpc) is 3.02. The normalized spacial score (nSPS) is 28.8. The molecule has 0 aromatic rings. The molecule has 1 saturated heterocycles. The second-order valence-electron chi connectivity index (χ2n) is 15.5. The second kappa shape index (κ2) is 17.0. The Bertz CT molecular complexity index is 1750. The van der Waals surface area contributed by atoms with Gasteiger partial charge in [0.15, 0.2) is 29.2 Å². The SMILES string of the molecule is CC(=O)O[C@H]1CC(C)(C)C(/C=C/C(C)=C/C=C/C(C)=C/C=C/C=C(C)/C=C/C=C(C)/C=C/[C@@]23OO[C@]2(C)C(=O)[C@@H](OC(C)=O)CC3(C)C)=C(C)C1=O. The lowest BCUT2D eigenvalue weighted by Crippen LogP contribution is -2.79. The van der Waals surface area contributed by atoms with Crippen LogP contribution in [0.2, 0.25) is 0 Å². The molecule has 3 aliphatic rings. The molecule has 52 heavy (non-hydrogen) atoms. The smallest absolute Gasteiger partial charge is 0.303 e. The number of allylic oxidation sites excluding steroid dienone is 18. The van der Waals surface area contributed by atoms with Gasteiger partial charge in [0.1, 0.15) is 0 Å². The molecule has 0 spiro atoms. The number of carbonyl (C=O) groups is 4. The highest BCUT2D eigenvalue weighted by Crippen LogP contribution is 2.59. The number of ketones is 2. The van der Waals surface area contributed by atoms with Crippen LogP contribution in [0, 0.1) is 10.8 Å². The van der Waals surface area contributed by atoms with Crippen molar-refractivity contribution in [1.82, 2.24) is 0 Å². The number of ether oxygens (including phenoxy) is 2. The minimum atomic E-state index is -1.25. The summed E-state index contributed by atoms with van der Waals surface area (Å²) in [6, 6.07) is 0. The largest absolute Gasteiger partial charge is 0.454 e. The molecular formula is C44H56O8. The molecule has 2 fully saturated rings. The van der Waals surface area contributed by atoms with Crippen LogP contribution in [0.3, 0.4) is 0 Å². The van der Waals surface area contributed by atoms with Crippen LogP contribution in [0.25, 0.3) is 0 Å². The molecule has 8 nitrogen and oxygen atoms in total. The molecule has 0 N–H and O–H groups in total. The van der Waals surface area contributed by atoms with E-state index in [0.29, 0.717) is 18.4 Å². The minimum absolute atomic E-state index is 0.132. The Hall–Kier alpha value is -4.40. The van der Waals surface area contributed by atoms with E-state index in [2.05, 4.69) is 13.8 Å². The van der Waals surface area contributed by atoms with Crippen molar-refractivity contribution >= 4 is 23.5 Å². The van der Waals surface area contributed by atoms with Gasteiger partial charge in [0.25, 0.3) is 0 Å². The van der Waals surface area contributed by atoms with E-state index in [1.807, 2.05) is 127 Å². The monoisotopic (exact) mass is 712 g/mol. The highest BCUT2D eigenvalue weighted by Gasteiger charge is 2.75. The van der Waals surface area contributed by atoms with Crippen molar-refractivity contribution in [1.29, 1.82) is 0 Å². The van der Waals surface area contributed by atoms with Crippen molar-refractivity contribution in [3.05, 3.63) is 119 Å². The molecule has 1 heterocycles. The van der Waals surface area contributed by atoms with Crippen molar-refractivity contribution in [3.63, 3.8) is 0 Å². The van der Waals surface area contributed by atoms with Crippen molar-refractivity contribution < 1.29 is 38.4 Å². The van der Waals surface area contributed by atoms with Gasteiger partial charge in [-0.05, 0) is 64.2 Å². The van der Waals surface area contributed by atoms with Gasteiger partial charge in [-0.25, -0.2) is 9.78 Å². The first kappa shape index (κ1) is 42.0. The van der Waals surface area contributed by atoms with Gasteiger partial charge in [0, 0.05) is 32.1 Å². The summed E-state index contributed by atoms with van der Waals surface area (Å²) in [6.07, 6.45) is 27.1. The van der Waals surface area contributed by atoms with Crippen LogP contribution in [-0.2, 0) is 38.4 Å². The molecule has 3 rings (SSSR count). The number of Topliss-reactive ketones (excluding diaryl/α,β-unsaturated/α-hetero) is 2. The van der Waals surface area contributed by atoms with Crippen molar-refractivity contribution in [2.45, 2.75) is 119 Å². The van der Waals surface area contributed by atoms with Crippen LogP contribution in [0.1, 0.15) is 95.9 Å². The number of fused-ring (bicyclic) bond motifs is 1. The lowest BCUT2D eigenvalue weighted by Gasteiger charge is -2.62. The highest BCUT2D eigenvalue weighted by molar-refractivity contribution is 6.01. The molecule has 0 unspecified atom stereocenters. The number of esters is 2. The van der Waals surface area contributed by atoms with Crippen molar-refractivity contribution in [3.8, 4) is 0 Å². The molecular weight excluding hydrogens is 656 g/mol. The average molecular weight is 713 g/mol. The summed E-state index contributed by atoms with van der Waals surface area (Å²) < 4.78 is 10.6. The standard InChI is InChI=1S/C44H56O8/c1-29(19-15-21-31(3)23-24-36-33(5)39(47)37(49-34(6)45)27-41(36,8)9)17-13-14-18-30(2)20-16-22-32(4)25-26-44-42(10,11)28-38(50-35(7)46)40(48)43(44,12)51-52-44/h13-26,37-38H,27-28H2,1-12H3/b14-13+,19-15+,20-16+,24-23+,26-25+,29-17+,30-18+,31-21+,32-22+/t37-,38-,43+,44-/m0/s1. The Morgan fingerprint density at radius 2 is 1.13 bits per heavy atom. The lowest BCUT2D eigenvalue weighted by molar-refractivity contribution is -0.544. The maximum Gasteiger partial charge on any atom is 0.303 e. The molecule has 4 atom stereocenters. The zero-order valence-corrected chi connectivity index (χ0v) is 32.9. The zero-order valence-electron chi connectivity index (χ0n) is 32.9. The summed E-state index contributed by atoms with van der Waals surface area (Å²) in [5.74, 6) is -1.36. The molecule has 8 heteroatoms. The lowest BCUT2D eigenvalue weighted by atomic mass is 9.56. The van der Waals surface area contributed by atoms with Gasteiger partial charge >= 0.3 is 11.9 Å². The maximum absolute atomic E-state index is 13.2. The van der Waals surface area contributed by atoms with E-state index in [1.54, 1.807) is 13.8 Å². The van der Waals surface area contributed by atoms with E-state index in [9.17, 15) is 19.2 Å². The first-order valence-electron chi connectivity index (χ1n) is 17.8. The quantitative estimate of drug-likeness (QED) is 0.112. The van der Waals surface area contributed by atoms with E-state index in [-0.39, 0.29) is 17.0 Å². The molecule has 0 amide bonds. The van der Waals surface area contributed by atoms with Gasteiger partial charge in [0.2, 0.25) is 5.78 Å². The fourth-order valence-corrected chi connectivity index (χ4v) is 6.96. The van der Waals surface area contributed by atoms with Gasteiger partial charge in [-0.2, -0.15) is 0 Å². The van der Waals surface area contributed by atoms with E-state index in [4.69, 9.17) is 19.2 Å². The summed E-state index contributed by atoms with van der Waals surface area (Å²) in [6.45, 7) is 22.3. The Kier molecular flexibility index (Phi) is 13.7. The van der Waals surface area contributed by atoms with E-state index in [0.717, 1.165) is 27.9 Å². The van der Waals surface area contributed by atoms with Gasteiger partial charge in [-0.15, -0.1) is 0 Å². The second-order valence-corrected chi connectivity index (χ2v) is 15.5. The number of rotatable bonds is 12. The third kappa shape index (κ3) is 9.72. The molecule has 0 radical (unpaired) electrons. The third-order valence-electron chi connectivity index (χ3n) is 9.98. The predicted molar refractivity (Wildman–Crippen MR) is 205 cm³/mol. The number of hydrogen-bond donors (Lipinski definition) is 0. The Morgan fingerprint density at radius 3 is 1.63 bits per heavy atom. The summed E-state index contributed by atoms with van der Waals surface area (Å²) in [5.41, 5.74) is 2.71. The molecule has 280 valence electrons. The van der Waals surface area contributed by atoms with Crippen molar-refractivity contribution in [2.24, 2.45) is 10.8 Å². The fraction of sp³-hybridized carbons (Fsp3) is 0.455. The third-order valence-corrected chi connectivity index (χ3v) is 9.98. The number of carbonyl (C=O) groups excluding carboxylic acids is 4. The molecule has 0 bridgehead atoms. The van der Waals surface area contributed by atoms with E-state index < -0.39 is 40.8 Å². The summed E-state index contributed by atoms with van der Waals surface area (Å²) >= 11 is 0. The van der Waals surface area contributed by atoms with Crippen LogP contribution >= 0.6 is 0 Å². The minimum Gasteiger partial charge on any atom is -0.454 e. The summed E-state index contributed by atoms with van der Waals surface area (Å²) in [4.78, 5) is 60.0. The van der Waals surface area contributed by atoms with E-state index >= 15 is 0 Å². The Balaban J connectivity index is 1.57. The topological polar surface area (TPSA) is 105 Å². The van der Waals surface area contributed by atoms with Crippen LogP contribution in [0.15, 0.2) is 119 Å². The first-order chi connectivity index (χ1) is 24.2. The molecule has 2 aliphatic carbocycles. The predicted octanol–water partition coefficient (Wildman–Crippen LogP) is 9.19. The molecule has 0 aromatic heterocycles. The van der Waals surface area contributed by atoms with Crippen LogP contribution in [-0.4, -0.2) is 46.9 Å². The Morgan fingerprint density at radius 1 is 0.654 bits per heavy atom. The van der Waals surface area contributed by atoms with Gasteiger partial charge in [-0.1, -0.05) is 129 Å². The fourth-order valence-electron chi connectivity index (χ4n) is 6.96. The Labute approximate surface area is 310 Å². The van der Waals surface area contributed by atoms with Gasteiger partial charge in [-0.3, -0.25) is 19.2 Å². The van der Waals surface area contributed by atoms with Crippen LogP contribution in [0.5, 0.6) is 0 Å². The summed E-state index contributed by atoms with van der Waals surface area (Å²) in [5, 5.41) is 0. The van der Waals surface area contributed by atoms with Crippen LogP contribution < -0.4 is 0 Å². The highest BCUT2D eigenvalue weighted by atomic mass is 17.3. The van der Waals surface area contributed by atoms with Crippen molar-refractivity contribution in [2.75, 3.05) is 0 Å². The molecule has 1 aliphatic heterocycles. The molecule has 0 aromatic carbocycles. The molecule has 1 saturated carbocycles. The van der Waals surface area contributed by atoms with Crippen LogP contribution in [0.4, 0.5) is 0 Å². The van der Waals surface area contributed by atoms with Gasteiger partial charge < -0.3 is 9.47 Å². The first-order valence-corrected chi connectivity index (χ1v) is 17.8. The number of hydrogen-bond acceptors (Lipinski definition) is 8. The van der Waals surface area contributed by atoms with Gasteiger partial charge in [0.05, 0.1) is 0 Å². The maximum atomic E-state index is 13.2. The summed E-state index contributed by atoms with van der Waals surface area (Å²) in [7, 11) is 0. The van der Waals surface area contributed by atoms with E-state index in [1.165, 1.54) is 13.8 Å². The zero-order chi connectivity index (χ0) is 39.1.